The minimum absolute atomic E-state index is 0.0600. The van der Waals surface area contributed by atoms with Gasteiger partial charge in [0.1, 0.15) is 12.4 Å². The monoisotopic (exact) mass is 363 g/mol. The molecule has 0 amide bonds. The molecule has 20 heavy (non-hydrogen) atoms. The van der Waals surface area contributed by atoms with Crippen LogP contribution in [0, 0.1) is 0 Å². The van der Waals surface area contributed by atoms with Crippen molar-refractivity contribution in [3.05, 3.63) is 27.7 Å². The van der Waals surface area contributed by atoms with Gasteiger partial charge >= 0.3 is 0 Å². The van der Waals surface area contributed by atoms with Crippen molar-refractivity contribution in [1.29, 1.82) is 0 Å². The summed E-state index contributed by atoms with van der Waals surface area (Å²) in [5, 5.41) is 9.87. The summed E-state index contributed by atoms with van der Waals surface area (Å²) in [5.41, 5.74) is 0. The van der Waals surface area contributed by atoms with Crippen LogP contribution in [-0.2, 0) is 4.74 Å². The van der Waals surface area contributed by atoms with Crippen molar-refractivity contribution < 1.29 is 14.6 Å². The molecular formula is C14H19BrClNO3. The van der Waals surface area contributed by atoms with Gasteiger partial charge in [0.25, 0.3) is 0 Å². The van der Waals surface area contributed by atoms with Crippen LogP contribution in [0.3, 0.4) is 0 Å². The van der Waals surface area contributed by atoms with Crippen LogP contribution in [0.5, 0.6) is 5.75 Å². The topological polar surface area (TPSA) is 41.9 Å². The highest BCUT2D eigenvalue weighted by atomic mass is 79.9. The zero-order valence-electron chi connectivity index (χ0n) is 11.4. The molecule has 1 aliphatic rings. The average molecular weight is 365 g/mol. The zero-order chi connectivity index (χ0) is 14.5. The number of benzene rings is 1. The minimum atomic E-state index is -0.0963. The summed E-state index contributed by atoms with van der Waals surface area (Å²) in [7, 11) is 0. The summed E-state index contributed by atoms with van der Waals surface area (Å²) in [6.07, 6.45) is 0.0455. The third kappa shape index (κ3) is 4.60. The maximum Gasteiger partial charge on any atom is 0.133 e. The molecular weight excluding hydrogens is 346 g/mol. The average Bonchev–Trinajstić information content (AvgIpc) is 2.40. The van der Waals surface area contributed by atoms with Crippen LogP contribution in [0.15, 0.2) is 22.7 Å². The third-order valence-electron chi connectivity index (χ3n) is 3.16. The van der Waals surface area contributed by atoms with E-state index in [4.69, 9.17) is 21.1 Å². The molecule has 0 saturated carbocycles. The molecule has 1 N–H and O–H groups in total. The predicted molar refractivity (Wildman–Crippen MR) is 82.5 cm³/mol. The Kier molecular flexibility index (Phi) is 6.11. The lowest BCUT2D eigenvalue weighted by atomic mass is 10.2. The van der Waals surface area contributed by atoms with Gasteiger partial charge in [-0.25, -0.2) is 0 Å². The summed E-state index contributed by atoms with van der Waals surface area (Å²) in [6.45, 7) is 5.08. The molecule has 4 nitrogen and oxygen atoms in total. The van der Waals surface area contributed by atoms with Crippen LogP contribution < -0.4 is 4.74 Å². The lowest BCUT2D eigenvalue weighted by molar-refractivity contribution is -0.0965. The second-order valence-corrected chi connectivity index (χ2v) is 6.22. The number of halogens is 2. The molecule has 1 fully saturated rings. The first-order chi connectivity index (χ1) is 9.58. The smallest absolute Gasteiger partial charge is 0.133 e. The van der Waals surface area contributed by atoms with E-state index in [1.807, 2.05) is 19.1 Å². The van der Waals surface area contributed by atoms with E-state index in [0.29, 0.717) is 11.6 Å². The van der Waals surface area contributed by atoms with E-state index in [0.717, 1.165) is 29.9 Å². The predicted octanol–water partition coefficient (Wildman–Crippen LogP) is 2.56. The standard InChI is InChI=1S/C14H19BrClNO3/c1-10-7-17(8-12(9-18)20-10)4-5-19-14-3-2-11(16)6-13(14)15/h2-3,6,10,12,18H,4-5,7-9H2,1H3. The highest BCUT2D eigenvalue weighted by molar-refractivity contribution is 9.10. The van der Waals surface area contributed by atoms with Gasteiger partial charge in [0.15, 0.2) is 0 Å². The van der Waals surface area contributed by atoms with Gasteiger partial charge in [-0.3, -0.25) is 4.90 Å². The fraction of sp³-hybridized carbons (Fsp3) is 0.571. The first-order valence-corrected chi connectivity index (χ1v) is 7.82. The number of aliphatic hydroxyl groups excluding tert-OH is 1. The first kappa shape index (κ1) is 16.0. The molecule has 2 atom stereocenters. The van der Waals surface area contributed by atoms with Gasteiger partial charge in [-0.2, -0.15) is 0 Å². The Morgan fingerprint density at radius 1 is 1.50 bits per heavy atom. The highest BCUT2D eigenvalue weighted by Gasteiger charge is 2.24. The Labute approximate surface area is 132 Å². The second-order valence-electron chi connectivity index (χ2n) is 4.93. The lowest BCUT2D eigenvalue weighted by Gasteiger charge is -2.35. The van der Waals surface area contributed by atoms with E-state index in [2.05, 4.69) is 20.8 Å². The number of nitrogens with zero attached hydrogens (tertiary/aromatic N) is 1. The summed E-state index contributed by atoms with van der Waals surface area (Å²) < 4.78 is 12.2. The fourth-order valence-electron chi connectivity index (χ4n) is 2.30. The highest BCUT2D eigenvalue weighted by Crippen LogP contribution is 2.27. The quantitative estimate of drug-likeness (QED) is 0.872. The summed E-state index contributed by atoms with van der Waals surface area (Å²) in [5.74, 6) is 0.786. The molecule has 1 aliphatic heterocycles. The molecule has 0 bridgehead atoms. The number of ether oxygens (including phenoxy) is 2. The Balaban J connectivity index is 1.80. The Hall–Kier alpha value is -0.330. The van der Waals surface area contributed by atoms with Gasteiger partial charge in [-0.1, -0.05) is 11.6 Å². The van der Waals surface area contributed by atoms with Crippen LogP contribution in [-0.4, -0.2) is 55.1 Å². The molecule has 2 rings (SSSR count). The number of hydrogen-bond acceptors (Lipinski definition) is 4. The fourth-order valence-corrected chi connectivity index (χ4v) is 3.10. The van der Waals surface area contributed by atoms with E-state index in [-0.39, 0.29) is 18.8 Å². The largest absolute Gasteiger partial charge is 0.491 e. The number of hydrogen-bond donors (Lipinski definition) is 1. The first-order valence-electron chi connectivity index (χ1n) is 6.65. The van der Waals surface area contributed by atoms with E-state index >= 15 is 0 Å². The van der Waals surface area contributed by atoms with Crippen LogP contribution in [0.25, 0.3) is 0 Å². The molecule has 112 valence electrons. The van der Waals surface area contributed by atoms with Crippen LogP contribution in [0.2, 0.25) is 5.02 Å². The zero-order valence-corrected chi connectivity index (χ0v) is 13.7. The van der Waals surface area contributed by atoms with E-state index in [1.165, 1.54) is 0 Å². The normalized spacial score (nSPS) is 23.8. The molecule has 6 heteroatoms. The van der Waals surface area contributed by atoms with Crippen molar-refractivity contribution in [1.82, 2.24) is 4.90 Å². The van der Waals surface area contributed by atoms with Crippen molar-refractivity contribution in [3.63, 3.8) is 0 Å². The maximum absolute atomic E-state index is 9.19. The molecule has 1 aromatic rings. The van der Waals surface area contributed by atoms with E-state index in [9.17, 15) is 5.11 Å². The maximum atomic E-state index is 9.19. The molecule has 1 saturated heterocycles. The van der Waals surface area contributed by atoms with Gasteiger partial charge in [0, 0.05) is 24.7 Å². The van der Waals surface area contributed by atoms with Crippen molar-refractivity contribution in [2.45, 2.75) is 19.1 Å². The molecule has 0 radical (unpaired) electrons. The number of morpholine rings is 1. The Morgan fingerprint density at radius 3 is 3.00 bits per heavy atom. The molecule has 1 heterocycles. The van der Waals surface area contributed by atoms with Gasteiger partial charge in [0.2, 0.25) is 0 Å². The molecule has 1 aromatic carbocycles. The van der Waals surface area contributed by atoms with Gasteiger partial charge < -0.3 is 14.6 Å². The van der Waals surface area contributed by atoms with Gasteiger partial charge in [0.05, 0.1) is 23.3 Å². The third-order valence-corrected chi connectivity index (χ3v) is 4.02. The lowest BCUT2D eigenvalue weighted by Crippen LogP contribution is -2.49. The number of aliphatic hydroxyl groups is 1. The van der Waals surface area contributed by atoms with E-state index in [1.54, 1.807) is 6.07 Å². The Morgan fingerprint density at radius 2 is 2.30 bits per heavy atom. The second kappa shape index (κ2) is 7.61. The van der Waals surface area contributed by atoms with Crippen LogP contribution in [0.4, 0.5) is 0 Å². The van der Waals surface area contributed by atoms with Gasteiger partial charge in [-0.05, 0) is 41.1 Å². The van der Waals surface area contributed by atoms with Crippen molar-refractivity contribution in [2.24, 2.45) is 0 Å². The summed E-state index contributed by atoms with van der Waals surface area (Å²) in [6, 6.07) is 5.47. The molecule has 0 aromatic heterocycles. The summed E-state index contributed by atoms with van der Waals surface area (Å²) in [4.78, 5) is 2.25. The SMILES string of the molecule is CC1CN(CCOc2ccc(Cl)cc2Br)CC(CO)O1. The van der Waals surface area contributed by atoms with Crippen LogP contribution >= 0.6 is 27.5 Å². The van der Waals surface area contributed by atoms with Gasteiger partial charge in [-0.15, -0.1) is 0 Å². The molecule has 0 spiro atoms. The molecule has 0 aliphatic carbocycles. The minimum Gasteiger partial charge on any atom is -0.491 e. The van der Waals surface area contributed by atoms with Crippen LogP contribution in [0.1, 0.15) is 6.92 Å². The number of rotatable bonds is 5. The summed E-state index contributed by atoms with van der Waals surface area (Å²) >= 11 is 9.32. The van der Waals surface area contributed by atoms with E-state index < -0.39 is 0 Å². The molecule has 2 unspecified atom stereocenters. The Bertz CT molecular complexity index is 446. The van der Waals surface area contributed by atoms with Crippen molar-refractivity contribution >= 4 is 27.5 Å². The van der Waals surface area contributed by atoms with Crippen molar-refractivity contribution in [3.8, 4) is 5.75 Å². The van der Waals surface area contributed by atoms with Crippen molar-refractivity contribution in [2.75, 3.05) is 32.8 Å².